The zero-order chi connectivity index (χ0) is 46.8. The smallest absolute Gasteiger partial charge is 0.297 e. The number of hydrogen-bond donors (Lipinski definition) is 5. The summed E-state index contributed by atoms with van der Waals surface area (Å²) in [4.78, 5) is 37.5. The van der Waals surface area contributed by atoms with E-state index in [4.69, 9.17) is 9.47 Å². The third-order valence-electron chi connectivity index (χ3n) is 15.4. The molecule has 10 rings (SSSR count). The Labute approximate surface area is 390 Å². The number of nitrogens with zero attached hydrogens (tertiary/aromatic N) is 4. The first-order valence-corrected chi connectivity index (χ1v) is 25.1. The number of aromatic nitrogens is 2. The number of hydrogen-bond acceptors (Lipinski definition) is 13. The van der Waals surface area contributed by atoms with Crippen LogP contribution in [0.25, 0.3) is 11.0 Å². The number of sulfonamides is 1. The van der Waals surface area contributed by atoms with E-state index in [2.05, 4.69) is 67.9 Å². The first kappa shape index (κ1) is 44.9. The van der Waals surface area contributed by atoms with E-state index < -0.39 is 42.9 Å². The van der Waals surface area contributed by atoms with Crippen LogP contribution in [-0.4, -0.2) is 88.3 Å². The molecule has 0 unspecified atom stereocenters. The molecule has 4 fully saturated rings. The van der Waals surface area contributed by atoms with Crippen molar-refractivity contribution in [2.75, 3.05) is 36.5 Å². The van der Waals surface area contributed by atoms with Crippen LogP contribution in [0.15, 0.2) is 77.8 Å². The Balaban J connectivity index is 0.866. The van der Waals surface area contributed by atoms with Crippen LogP contribution in [0.2, 0.25) is 0 Å². The van der Waals surface area contributed by atoms with Gasteiger partial charge >= 0.3 is 0 Å². The molecular weight excluding hydrogens is 875 g/mol. The van der Waals surface area contributed by atoms with Crippen LogP contribution in [-0.2, 0) is 10.0 Å². The Bertz CT molecular complexity index is 2820. The average molecular weight is 934 g/mol. The first-order chi connectivity index (χ1) is 32.1. The normalized spacial score (nSPS) is 24.2. The largest absolute Gasteiger partial charge is 0.491 e. The summed E-state index contributed by atoms with van der Waals surface area (Å²) in [6.45, 7) is 9.19. The van der Waals surface area contributed by atoms with E-state index in [1.165, 1.54) is 48.9 Å². The molecule has 67 heavy (non-hydrogen) atoms. The number of carbonyl (C=O) groups excluding carboxylic acids is 1. The number of likely N-dealkylation sites (tertiary alicyclic amines) is 1. The number of nitro groups is 1. The van der Waals surface area contributed by atoms with Gasteiger partial charge in [-0.2, -0.15) is 4.98 Å². The SMILES string of the molecule is CC(C)c1ccccc1[C@H]1CCCN1C1CC2(CCN(c3ccc(C(=O)NS(=O)(=O)c4cc5c(c([N+](=O)[O-])c4)N[C@@H]([C@H]4CC[C@](C)(O)CC4)CO5)c(Oc4cc5cc[nH]c5nc4O)c3)CC2)C1. The van der Waals surface area contributed by atoms with E-state index in [1.807, 2.05) is 0 Å². The topological polar surface area (TPSA) is 212 Å². The Kier molecular flexibility index (Phi) is 11.6. The number of anilines is 2. The molecule has 5 aromatic rings. The number of ether oxygens (including phenoxy) is 2. The van der Waals surface area contributed by atoms with Gasteiger partial charge in [-0.25, -0.2) is 13.1 Å². The van der Waals surface area contributed by atoms with Crippen LogP contribution < -0.4 is 24.4 Å². The van der Waals surface area contributed by atoms with Crippen molar-refractivity contribution in [3.8, 4) is 23.1 Å². The summed E-state index contributed by atoms with van der Waals surface area (Å²) >= 11 is 0. The van der Waals surface area contributed by atoms with Crippen LogP contribution in [0, 0.1) is 21.4 Å². The fraction of sp³-hybridized carbons (Fsp3) is 0.480. The molecular formula is C50H59N7O9S. The number of piperidine rings is 1. The molecule has 354 valence electrons. The number of pyridine rings is 1. The van der Waals surface area contributed by atoms with Gasteiger partial charge in [0.25, 0.3) is 27.5 Å². The minimum Gasteiger partial charge on any atom is -0.491 e. The predicted octanol–water partition coefficient (Wildman–Crippen LogP) is 8.91. The summed E-state index contributed by atoms with van der Waals surface area (Å²) in [6, 6.07) is 20.0. The Morgan fingerprint density at radius 3 is 2.51 bits per heavy atom. The summed E-state index contributed by atoms with van der Waals surface area (Å²) in [7, 11) is -4.71. The number of aliphatic hydroxyl groups is 1. The van der Waals surface area contributed by atoms with Gasteiger partial charge in [0, 0.05) is 60.6 Å². The predicted molar refractivity (Wildman–Crippen MR) is 254 cm³/mol. The lowest BCUT2D eigenvalue weighted by Gasteiger charge is -2.56. The summed E-state index contributed by atoms with van der Waals surface area (Å²) < 4.78 is 42.3. The highest BCUT2D eigenvalue weighted by atomic mass is 32.2. The fourth-order valence-electron chi connectivity index (χ4n) is 11.5. The lowest BCUT2D eigenvalue weighted by atomic mass is 9.59. The van der Waals surface area contributed by atoms with Crippen molar-refractivity contribution in [3.05, 3.63) is 99.7 Å². The number of H-pyrrole nitrogens is 1. The van der Waals surface area contributed by atoms with Gasteiger partial charge in [-0.15, -0.1) is 0 Å². The molecule has 17 heteroatoms. The highest BCUT2D eigenvalue weighted by molar-refractivity contribution is 7.90. The summed E-state index contributed by atoms with van der Waals surface area (Å²) in [5.74, 6) is -0.978. The van der Waals surface area contributed by atoms with Gasteiger partial charge < -0.3 is 34.9 Å². The number of benzene rings is 3. The third-order valence-corrected chi connectivity index (χ3v) is 16.7. The number of amides is 1. The number of carbonyl (C=O) groups is 1. The zero-order valence-corrected chi connectivity index (χ0v) is 39.0. The molecule has 5 heterocycles. The van der Waals surface area contributed by atoms with Gasteiger partial charge in [-0.05, 0) is 130 Å². The number of nitrogens with one attached hydrogen (secondary N) is 3. The van der Waals surface area contributed by atoms with Crippen molar-refractivity contribution < 1.29 is 37.8 Å². The Hall–Kier alpha value is -5.91. The second-order valence-electron chi connectivity index (χ2n) is 20.1. The molecule has 2 saturated carbocycles. The summed E-state index contributed by atoms with van der Waals surface area (Å²) in [5, 5.41) is 37.6. The number of rotatable bonds is 11. The number of nitro benzene ring substituents is 1. The molecule has 5 N–H and O–H groups in total. The van der Waals surface area contributed by atoms with E-state index in [1.54, 1.807) is 37.4 Å². The maximum atomic E-state index is 14.1. The van der Waals surface area contributed by atoms with Gasteiger partial charge in [0.05, 0.1) is 27.0 Å². The van der Waals surface area contributed by atoms with E-state index in [0.717, 1.165) is 44.2 Å². The van der Waals surface area contributed by atoms with Crippen LogP contribution in [0.4, 0.5) is 17.1 Å². The minimum atomic E-state index is -4.71. The van der Waals surface area contributed by atoms with Crippen LogP contribution in [0.5, 0.6) is 23.1 Å². The molecule has 3 aromatic carbocycles. The molecule has 2 saturated heterocycles. The van der Waals surface area contributed by atoms with Gasteiger partial charge in [0.15, 0.2) is 17.2 Å². The molecule has 0 bridgehead atoms. The number of aromatic amines is 1. The molecule has 5 aliphatic rings. The second kappa shape index (κ2) is 17.3. The van der Waals surface area contributed by atoms with Crippen molar-refractivity contribution in [3.63, 3.8) is 0 Å². The molecule has 2 aromatic heterocycles. The van der Waals surface area contributed by atoms with Crippen LogP contribution >= 0.6 is 0 Å². The van der Waals surface area contributed by atoms with Crippen LogP contribution in [0.3, 0.4) is 0 Å². The summed E-state index contributed by atoms with van der Waals surface area (Å²) in [5.41, 5.74) is 3.03. The molecule has 2 atom stereocenters. The molecule has 1 amide bonds. The van der Waals surface area contributed by atoms with Gasteiger partial charge in [-0.3, -0.25) is 19.8 Å². The zero-order valence-electron chi connectivity index (χ0n) is 38.2. The lowest BCUT2D eigenvalue weighted by molar-refractivity contribution is -0.384. The number of aromatic hydroxyl groups is 1. The first-order valence-electron chi connectivity index (χ1n) is 23.7. The maximum absolute atomic E-state index is 14.1. The monoisotopic (exact) mass is 933 g/mol. The minimum absolute atomic E-state index is 0.0119. The highest BCUT2D eigenvalue weighted by Crippen LogP contribution is 2.54. The molecule has 3 aliphatic heterocycles. The van der Waals surface area contributed by atoms with Crippen molar-refractivity contribution in [2.24, 2.45) is 11.3 Å². The van der Waals surface area contributed by atoms with E-state index >= 15 is 0 Å². The molecule has 2 aliphatic carbocycles. The highest BCUT2D eigenvalue weighted by Gasteiger charge is 2.50. The van der Waals surface area contributed by atoms with Crippen molar-refractivity contribution in [1.82, 2.24) is 19.6 Å². The molecule has 16 nitrogen and oxygen atoms in total. The van der Waals surface area contributed by atoms with Crippen molar-refractivity contribution in [1.29, 1.82) is 0 Å². The summed E-state index contributed by atoms with van der Waals surface area (Å²) in [6.07, 6.45) is 11.0. The Morgan fingerprint density at radius 2 is 1.76 bits per heavy atom. The number of fused-ring (bicyclic) bond motifs is 2. The van der Waals surface area contributed by atoms with E-state index in [-0.39, 0.29) is 52.5 Å². The van der Waals surface area contributed by atoms with E-state index in [9.17, 15) is 33.5 Å². The Morgan fingerprint density at radius 1 is 1.00 bits per heavy atom. The van der Waals surface area contributed by atoms with Gasteiger partial charge in [0.1, 0.15) is 18.0 Å². The average Bonchev–Trinajstić information content (AvgIpc) is 3.97. The second-order valence-corrected chi connectivity index (χ2v) is 21.8. The lowest BCUT2D eigenvalue weighted by Crippen LogP contribution is -2.54. The van der Waals surface area contributed by atoms with Crippen molar-refractivity contribution in [2.45, 2.75) is 120 Å². The third kappa shape index (κ3) is 8.77. The molecule has 0 radical (unpaired) electrons. The molecule has 1 spiro atoms. The van der Waals surface area contributed by atoms with Gasteiger partial charge in [0.2, 0.25) is 0 Å². The maximum Gasteiger partial charge on any atom is 0.297 e. The quantitative estimate of drug-likeness (QED) is 0.0619. The standard InChI is InChI=1S/C50H59N7O9S/c1-30(2)36-7-4-5-8-37(36)40-9-6-20-56(40)34-27-50(28-34)17-21-55(22-18-50)33-10-11-38(42(24-33)66-44-23-32-14-19-51-46(32)53-48(44)59)47(58)54-67(63,64)35-25-41(57(61)62)45-43(26-35)65-29-39(52-45)31-12-15-49(3,60)16-13-31/h4-5,7-8,10-11,14,19,23-26,30-31,34,39-40,52,60H,6,9,12-13,15-18,20-22,27-29H2,1-3H3,(H,54,58)(H2,51,53,59)/t31-,39-,40-,49-/m1/s1. The van der Waals surface area contributed by atoms with Crippen LogP contribution in [0.1, 0.15) is 118 Å². The van der Waals surface area contributed by atoms with Gasteiger partial charge in [-0.1, -0.05) is 38.1 Å². The van der Waals surface area contributed by atoms with E-state index in [0.29, 0.717) is 54.7 Å². The fourth-order valence-corrected chi connectivity index (χ4v) is 12.5. The van der Waals surface area contributed by atoms with Crippen molar-refractivity contribution >= 4 is 44.0 Å².